The Kier molecular flexibility index (Phi) is 2.20. The molecule has 0 spiro atoms. The average molecular weight is 170 g/mol. The van der Waals surface area contributed by atoms with Crippen molar-refractivity contribution in [2.45, 2.75) is 25.2 Å². The molecule has 1 rings (SSSR count). The van der Waals surface area contributed by atoms with Crippen molar-refractivity contribution in [2.75, 3.05) is 0 Å². The third-order valence-electron chi connectivity index (χ3n) is 1.19. The molecule has 2 unspecified atom stereocenters. The molecule has 8 heavy (non-hydrogen) atoms. The predicted molar refractivity (Wildman–Crippen MR) is 36.6 cm³/mol. The van der Waals surface area contributed by atoms with E-state index in [0.29, 0.717) is 12.2 Å². The van der Waals surface area contributed by atoms with Crippen LogP contribution in [0.25, 0.3) is 0 Å². The molecular formula is C4H7Cl2OSi. The van der Waals surface area contributed by atoms with Crippen LogP contribution in [0.4, 0.5) is 0 Å². The van der Waals surface area contributed by atoms with Gasteiger partial charge >= 0.3 is 0 Å². The molecule has 0 aromatic heterocycles. The summed E-state index contributed by atoms with van der Waals surface area (Å²) >= 11 is 11.1. The zero-order valence-corrected chi connectivity index (χ0v) is 7.04. The van der Waals surface area contributed by atoms with Gasteiger partial charge in [-0.1, -0.05) is 0 Å². The highest BCUT2D eigenvalue weighted by atomic mass is 35.7. The smallest absolute Gasteiger partial charge is 0.276 e. The lowest BCUT2D eigenvalue weighted by Gasteiger charge is -1.88. The van der Waals surface area contributed by atoms with Crippen molar-refractivity contribution in [3.05, 3.63) is 0 Å². The first-order chi connectivity index (χ1) is 3.70. The lowest BCUT2D eigenvalue weighted by molar-refractivity contribution is 0.388. The highest BCUT2D eigenvalue weighted by Gasteiger charge is 2.35. The van der Waals surface area contributed by atoms with Gasteiger partial charge in [0.05, 0.1) is 12.2 Å². The van der Waals surface area contributed by atoms with Gasteiger partial charge in [-0.25, -0.2) is 0 Å². The highest BCUT2D eigenvalue weighted by molar-refractivity contribution is 7.33. The van der Waals surface area contributed by atoms with Crippen molar-refractivity contribution in [1.82, 2.24) is 0 Å². The number of hydrogen-bond donors (Lipinski definition) is 0. The standard InChI is InChI=1S/C4H7Cl2OSi/c1-3-4(7-3)2-8(5)6/h3-4H,2H2,1H3. The molecule has 0 saturated carbocycles. The summed E-state index contributed by atoms with van der Waals surface area (Å²) in [5.74, 6) is 0. The summed E-state index contributed by atoms with van der Waals surface area (Å²) in [5.41, 5.74) is 0. The maximum Gasteiger partial charge on any atom is 0.276 e. The van der Waals surface area contributed by atoms with Crippen LogP contribution in [0, 0.1) is 0 Å². The Balaban J connectivity index is 2.05. The van der Waals surface area contributed by atoms with Crippen LogP contribution in [-0.4, -0.2) is 19.6 Å². The molecule has 1 radical (unpaired) electrons. The summed E-state index contributed by atoms with van der Waals surface area (Å²) in [6, 6.07) is 0.870. The first kappa shape index (κ1) is 6.87. The first-order valence-corrected chi connectivity index (χ1v) is 6.25. The van der Waals surface area contributed by atoms with E-state index in [9.17, 15) is 0 Å². The van der Waals surface area contributed by atoms with E-state index < -0.39 is 7.42 Å². The molecule has 2 atom stereocenters. The summed E-state index contributed by atoms with van der Waals surface area (Å²) in [5, 5.41) is 0. The van der Waals surface area contributed by atoms with Gasteiger partial charge in [0.1, 0.15) is 0 Å². The van der Waals surface area contributed by atoms with Gasteiger partial charge < -0.3 is 4.74 Å². The fourth-order valence-electron chi connectivity index (χ4n) is 0.597. The van der Waals surface area contributed by atoms with Crippen LogP contribution < -0.4 is 0 Å². The van der Waals surface area contributed by atoms with Crippen molar-refractivity contribution in [3.8, 4) is 0 Å². The molecular weight excluding hydrogens is 163 g/mol. The predicted octanol–water partition coefficient (Wildman–Crippen LogP) is 1.74. The van der Waals surface area contributed by atoms with Gasteiger partial charge in [-0.15, -0.1) is 22.2 Å². The molecule has 1 fully saturated rings. The third kappa shape index (κ3) is 1.94. The second kappa shape index (κ2) is 2.56. The summed E-state index contributed by atoms with van der Waals surface area (Å²) < 4.78 is 5.08. The van der Waals surface area contributed by atoms with Crippen molar-refractivity contribution in [1.29, 1.82) is 0 Å². The first-order valence-electron chi connectivity index (χ1n) is 2.52. The fourth-order valence-corrected chi connectivity index (χ4v) is 2.24. The number of rotatable bonds is 2. The van der Waals surface area contributed by atoms with Crippen LogP contribution in [0.3, 0.4) is 0 Å². The lowest BCUT2D eigenvalue weighted by atomic mass is 10.4. The van der Waals surface area contributed by atoms with Crippen LogP contribution in [0.1, 0.15) is 6.92 Å². The second-order valence-corrected chi connectivity index (χ2v) is 6.33. The monoisotopic (exact) mass is 169 g/mol. The maximum atomic E-state index is 5.57. The molecule has 0 aliphatic carbocycles. The quantitative estimate of drug-likeness (QED) is 0.349. The van der Waals surface area contributed by atoms with E-state index >= 15 is 0 Å². The van der Waals surface area contributed by atoms with E-state index in [2.05, 4.69) is 0 Å². The van der Waals surface area contributed by atoms with E-state index in [1.807, 2.05) is 6.92 Å². The number of hydrogen-bond acceptors (Lipinski definition) is 1. The Labute approximate surface area is 59.9 Å². The van der Waals surface area contributed by atoms with E-state index in [4.69, 9.17) is 26.9 Å². The lowest BCUT2D eigenvalue weighted by Crippen LogP contribution is -1.98. The molecule has 0 amide bonds. The van der Waals surface area contributed by atoms with Gasteiger partial charge in [-0.05, 0) is 13.0 Å². The summed E-state index contributed by atoms with van der Waals surface area (Å²) in [6.07, 6.45) is 0.784. The number of halogens is 2. The van der Waals surface area contributed by atoms with Crippen molar-refractivity contribution >= 4 is 29.6 Å². The molecule has 47 valence electrons. The average Bonchev–Trinajstić information content (AvgIpc) is 2.17. The Morgan fingerprint density at radius 1 is 1.62 bits per heavy atom. The van der Waals surface area contributed by atoms with Crippen LogP contribution in [0.5, 0.6) is 0 Å². The topological polar surface area (TPSA) is 12.5 Å². The summed E-state index contributed by atoms with van der Waals surface area (Å²) in [4.78, 5) is 0. The highest BCUT2D eigenvalue weighted by Crippen LogP contribution is 2.27. The molecule has 0 bridgehead atoms. The molecule has 1 aliphatic rings. The molecule has 1 saturated heterocycles. The molecule has 0 aromatic rings. The normalized spacial score (nSPS) is 36.0. The number of ether oxygens (including phenoxy) is 1. The minimum Gasteiger partial charge on any atom is -0.370 e. The fraction of sp³-hybridized carbons (Fsp3) is 1.00. The van der Waals surface area contributed by atoms with Crippen molar-refractivity contribution < 1.29 is 4.74 Å². The van der Waals surface area contributed by atoms with Crippen molar-refractivity contribution in [3.63, 3.8) is 0 Å². The Bertz CT molecular complexity index is 88.1. The maximum absolute atomic E-state index is 5.57. The summed E-state index contributed by atoms with van der Waals surface area (Å²) in [6.45, 7) is 2.03. The van der Waals surface area contributed by atoms with Crippen LogP contribution in [0.2, 0.25) is 6.04 Å². The Morgan fingerprint density at radius 3 is 2.25 bits per heavy atom. The van der Waals surface area contributed by atoms with Crippen LogP contribution in [0.15, 0.2) is 0 Å². The van der Waals surface area contributed by atoms with Gasteiger partial charge in [-0.2, -0.15) is 0 Å². The Hall–Kier alpha value is 0.757. The zero-order valence-electron chi connectivity index (χ0n) is 4.53. The van der Waals surface area contributed by atoms with Gasteiger partial charge in [0, 0.05) is 0 Å². The minimum absolute atomic E-state index is 0.374. The number of epoxide rings is 1. The van der Waals surface area contributed by atoms with E-state index in [0.717, 1.165) is 6.04 Å². The molecule has 1 nitrogen and oxygen atoms in total. The van der Waals surface area contributed by atoms with Gasteiger partial charge in [0.15, 0.2) is 0 Å². The van der Waals surface area contributed by atoms with E-state index in [-0.39, 0.29) is 0 Å². The van der Waals surface area contributed by atoms with Gasteiger partial charge in [-0.3, -0.25) is 0 Å². The molecule has 1 aliphatic heterocycles. The molecule has 1 heterocycles. The molecule has 0 aromatic carbocycles. The van der Waals surface area contributed by atoms with Gasteiger partial charge in [0.25, 0.3) is 7.42 Å². The Morgan fingerprint density at radius 2 is 2.12 bits per heavy atom. The van der Waals surface area contributed by atoms with E-state index in [1.165, 1.54) is 0 Å². The van der Waals surface area contributed by atoms with E-state index in [1.54, 1.807) is 0 Å². The minimum atomic E-state index is -1.08. The summed E-state index contributed by atoms with van der Waals surface area (Å²) in [7, 11) is -1.08. The van der Waals surface area contributed by atoms with Gasteiger partial charge in [0.2, 0.25) is 0 Å². The zero-order chi connectivity index (χ0) is 6.15. The molecule has 4 heteroatoms. The largest absolute Gasteiger partial charge is 0.370 e. The van der Waals surface area contributed by atoms with Crippen LogP contribution in [-0.2, 0) is 4.74 Å². The third-order valence-corrected chi connectivity index (χ3v) is 2.83. The second-order valence-electron chi connectivity index (χ2n) is 1.92. The molecule has 0 N–H and O–H groups in total. The van der Waals surface area contributed by atoms with Crippen LogP contribution >= 0.6 is 22.2 Å². The SMILES string of the molecule is CC1OC1C[Si](Cl)Cl. The van der Waals surface area contributed by atoms with Crippen molar-refractivity contribution in [2.24, 2.45) is 0 Å².